The standard InChI is InChI=1S/C23H31NO2.C13H17NO3/c1-20-7-4-9-23(19-20)26-18-6-17-25-22-12-10-21(11-13-22)8-5-16-24-14-2-3-15-24;1-17-11-8-6-10(7-9-11)12(15)4-2-3-5-13(14)16/h4,7,9-13,19H,2-3,5-6,8,14-18H2,1H3;6-9H,2-5H2,1H3,(H2,14,16). The fourth-order valence-corrected chi connectivity index (χ4v) is 4.92. The molecule has 0 aromatic heterocycles. The quantitative estimate of drug-likeness (QED) is 0.138. The van der Waals surface area contributed by atoms with Crippen LogP contribution in [0.3, 0.4) is 0 Å². The van der Waals surface area contributed by atoms with Gasteiger partial charge >= 0.3 is 0 Å². The number of benzene rings is 3. The lowest BCUT2D eigenvalue weighted by Crippen LogP contribution is -2.20. The highest BCUT2D eigenvalue weighted by atomic mass is 16.5. The Balaban J connectivity index is 0.000000259. The first kappa shape index (κ1) is 33.7. The van der Waals surface area contributed by atoms with Crippen LogP contribution < -0.4 is 19.9 Å². The maximum atomic E-state index is 11.7. The van der Waals surface area contributed by atoms with Crippen LogP contribution in [-0.4, -0.2) is 56.5 Å². The molecule has 232 valence electrons. The summed E-state index contributed by atoms with van der Waals surface area (Å²) in [5.41, 5.74) is 8.31. The lowest BCUT2D eigenvalue weighted by atomic mass is 10.0. The number of aryl methyl sites for hydroxylation is 2. The van der Waals surface area contributed by atoms with Crippen molar-refractivity contribution in [1.29, 1.82) is 0 Å². The van der Waals surface area contributed by atoms with Crippen molar-refractivity contribution in [1.82, 2.24) is 4.90 Å². The van der Waals surface area contributed by atoms with Crippen LogP contribution in [0.1, 0.15) is 72.9 Å². The topological polar surface area (TPSA) is 91.1 Å². The minimum absolute atomic E-state index is 0.0807. The average molecular weight is 589 g/mol. The summed E-state index contributed by atoms with van der Waals surface area (Å²) in [6.07, 6.45) is 8.17. The van der Waals surface area contributed by atoms with E-state index in [2.05, 4.69) is 48.2 Å². The smallest absolute Gasteiger partial charge is 0.217 e. The van der Waals surface area contributed by atoms with Gasteiger partial charge in [0.2, 0.25) is 5.91 Å². The predicted octanol–water partition coefficient (Wildman–Crippen LogP) is 6.79. The highest BCUT2D eigenvalue weighted by Gasteiger charge is 2.10. The zero-order valence-corrected chi connectivity index (χ0v) is 25.9. The Bertz CT molecular complexity index is 1220. The molecule has 1 fully saturated rings. The summed E-state index contributed by atoms with van der Waals surface area (Å²) in [7, 11) is 1.58. The van der Waals surface area contributed by atoms with Gasteiger partial charge in [-0.2, -0.15) is 0 Å². The van der Waals surface area contributed by atoms with Crippen LogP contribution in [0.25, 0.3) is 0 Å². The molecule has 7 nitrogen and oxygen atoms in total. The van der Waals surface area contributed by atoms with Crippen LogP contribution in [-0.2, 0) is 11.2 Å². The average Bonchev–Trinajstić information content (AvgIpc) is 3.54. The minimum atomic E-state index is -0.318. The fourth-order valence-electron chi connectivity index (χ4n) is 4.92. The molecule has 0 atom stereocenters. The third-order valence-corrected chi connectivity index (χ3v) is 7.37. The van der Waals surface area contributed by atoms with E-state index < -0.39 is 0 Å². The van der Waals surface area contributed by atoms with Gasteiger partial charge in [0, 0.05) is 24.8 Å². The van der Waals surface area contributed by atoms with Crippen molar-refractivity contribution in [3.63, 3.8) is 0 Å². The van der Waals surface area contributed by atoms with Gasteiger partial charge in [0.1, 0.15) is 17.2 Å². The van der Waals surface area contributed by atoms with Gasteiger partial charge in [0.05, 0.1) is 20.3 Å². The SMILES string of the molecule is COc1ccc(C(=O)CCCCC(N)=O)cc1.Cc1cccc(OCCCOc2ccc(CCCN3CCCC3)cc2)c1. The Hall–Kier alpha value is -3.84. The Morgan fingerprint density at radius 2 is 1.42 bits per heavy atom. The van der Waals surface area contributed by atoms with Crippen LogP contribution in [0.4, 0.5) is 0 Å². The fraction of sp³-hybridized carbons (Fsp3) is 0.444. The number of carbonyl (C=O) groups is 2. The van der Waals surface area contributed by atoms with E-state index in [0.717, 1.165) is 30.1 Å². The van der Waals surface area contributed by atoms with Crippen LogP contribution in [0, 0.1) is 6.92 Å². The number of hydrogen-bond donors (Lipinski definition) is 1. The number of amides is 1. The predicted molar refractivity (Wildman–Crippen MR) is 172 cm³/mol. The van der Waals surface area contributed by atoms with Crippen molar-refractivity contribution in [2.24, 2.45) is 5.73 Å². The summed E-state index contributed by atoms with van der Waals surface area (Å²) >= 11 is 0. The highest BCUT2D eigenvalue weighted by molar-refractivity contribution is 5.96. The number of nitrogens with two attached hydrogens (primary N) is 1. The second kappa shape index (κ2) is 19.4. The number of ketones is 1. The summed E-state index contributed by atoms with van der Waals surface area (Å²) in [6.45, 7) is 7.25. The van der Waals surface area contributed by atoms with Gasteiger partial charge in [-0.3, -0.25) is 9.59 Å². The van der Waals surface area contributed by atoms with Crippen LogP contribution in [0.15, 0.2) is 72.8 Å². The molecule has 1 amide bonds. The second-order valence-electron chi connectivity index (χ2n) is 11.0. The molecule has 7 heteroatoms. The van der Waals surface area contributed by atoms with Crippen molar-refractivity contribution >= 4 is 11.7 Å². The van der Waals surface area contributed by atoms with Gasteiger partial charge in [0.25, 0.3) is 0 Å². The molecule has 2 N–H and O–H groups in total. The molecule has 3 aromatic carbocycles. The van der Waals surface area contributed by atoms with Crippen LogP contribution >= 0.6 is 0 Å². The summed E-state index contributed by atoms with van der Waals surface area (Å²) < 4.78 is 16.6. The summed E-state index contributed by atoms with van der Waals surface area (Å²) in [5.74, 6) is 2.38. The van der Waals surface area contributed by atoms with Gasteiger partial charge in [-0.05, 0) is 125 Å². The first-order chi connectivity index (χ1) is 20.9. The van der Waals surface area contributed by atoms with E-state index in [-0.39, 0.29) is 11.7 Å². The molecular formula is C36H48N2O5. The third-order valence-electron chi connectivity index (χ3n) is 7.37. The molecule has 0 spiro atoms. The molecule has 0 aliphatic carbocycles. The number of hydrogen-bond acceptors (Lipinski definition) is 6. The zero-order valence-electron chi connectivity index (χ0n) is 25.9. The lowest BCUT2D eigenvalue weighted by molar-refractivity contribution is -0.118. The normalized spacial score (nSPS) is 12.7. The largest absolute Gasteiger partial charge is 0.497 e. The monoisotopic (exact) mass is 588 g/mol. The Morgan fingerprint density at radius 1 is 0.767 bits per heavy atom. The summed E-state index contributed by atoms with van der Waals surface area (Å²) in [5, 5.41) is 0. The summed E-state index contributed by atoms with van der Waals surface area (Å²) in [6, 6.07) is 23.7. The van der Waals surface area contributed by atoms with Crippen molar-refractivity contribution in [3.8, 4) is 17.2 Å². The molecule has 43 heavy (non-hydrogen) atoms. The number of carbonyl (C=O) groups excluding carboxylic acids is 2. The highest BCUT2D eigenvalue weighted by Crippen LogP contribution is 2.17. The second-order valence-corrected chi connectivity index (χ2v) is 11.0. The Morgan fingerprint density at radius 3 is 2.07 bits per heavy atom. The molecular weight excluding hydrogens is 540 g/mol. The number of methoxy groups -OCH3 is 1. The van der Waals surface area contributed by atoms with E-state index in [1.165, 1.54) is 50.0 Å². The molecule has 0 unspecified atom stereocenters. The van der Waals surface area contributed by atoms with Crippen LogP contribution in [0.5, 0.6) is 17.2 Å². The van der Waals surface area contributed by atoms with E-state index in [1.807, 2.05) is 12.1 Å². The van der Waals surface area contributed by atoms with E-state index in [0.29, 0.717) is 44.5 Å². The minimum Gasteiger partial charge on any atom is -0.497 e. The molecule has 0 bridgehead atoms. The number of unbranched alkanes of at least 4 members (excludes halogenated alkanes) is 1. The first-order valence-corrected chi connectivity index (χ1v) is 15.5. The number of nitrogens with zero attached hydrogens (tertiary/aromatic N) is 1. The molecule has 1 saturated heterocycles. The van der Waals surface area contributed by atoms with E-state index in [4.69, 9.17) is 19.9 Å². The number of primary amides is 1. The molecule has 1 heterocycles. The van der Waals surface area contributed by atoms with Gasteiger partial charge < -0.3 is 24.8 Å². The number of rotatable bonds is 17. The maximum Gasteiger partial charge on any atom is 0.217 e. The maximum absolute atomic E-state index is 11.7. The number of Topliss-reactive ketones (excluding diaryl/α,β-unsaturated/α-hetero) is 1. The molecule has 0 radical (unpaired) electrons. The molecule has 4 rings (SSSR count). The number of ether oxygens (including phenoxy) is 3. The zero-order chi connectivity index (χ0) is 30.7. The Labute approximate surface area is 257 Å². The van der Waals surface area contributed by atoms with Gasteiger partial charge in [-0.25, -0.2) is 0 Å². The number of likely N-dealkylation sites (tertiary alicyclic amines) is 1. The molecule has 0 saturated carbocycles. The van der Waals surface area contributed by atoms with E-state index >= 15 is 0 Å². The molecule has 1 aliphatic heterocycles. The van der Waals surface area contributed by atoms with Gasteiger partial charge in [0.15, 0.2) is 5.78 Å². The first-order valence-electron chi connectivity index (χ1n) is 15.5. The van der Waals surface area contributed by atoms with Crippen molar-refractivity contribution < 1.29 is 23.8 Å². The third kappa shape index (κ3) is 13.8. The van der Waals surface area contributed by atoms with Crippen LogP contribution in [0.2, 0.25) is 0 Å². The summed E-state index contributed by atoms with van der Waals surface area (Å²) in [4.78, 5) is 24.8. The van der Waals surface area contributed by atoms with E-state index in [9.17, 15) is 9.59 Å². The van der Waals surface area contributed by atoms with Gasteiger partial charge in [-0.15, -0.1) is 0 Å². The lowest BCUT2D eigenvalue weighted by Gasteiger charge is -2.14. The molecule has 1 aliphatic rings. The van der Waals surface area contributed by atoms with Crippen molar-refractivity contribution in [2.45, 2.75) is 64.7 Å². The van der Waals surface area contributed by atoms with Gasteiger partial charge in [-0.1, -0.05) is 24.3 Å². The van der Waals surface area contributed by atoms with Crippen molar-refractivity contribution in [2.75, 3.05) is 40.0 Å². The van der Waals surface area contributed by atoms with E-state index in [1.54, 1.807) is 31.4 Å². The Kier molecular flexibility index (Phi) is 15.2. The molecule has 3 aromatic rings. The van der Waals surface area contributed by atoms with Crippen molar-refractivity contribution in [3.05, 3.63) is 89.5 Å².